The Labute approximate surface area is 168 Å². The van der Waals surface area contributed by atoms with E-state index in [0.717, 1.165) is 25.9 Å². The van der Waals surface area contributed by atoms with Crippen molar-refractivity contribution in [2.24, 2.45) is 11.7 Å². The lowest BCUT2D eigenvalue weighted by Gasteiger charge is -2.34. The molecule has 1 saturated heterocycles. The van der Waals surface area contributed by atoms with Crippen molar-refractivity contribution in [2.75, 3.05) is 24.5 Å². The number of amides is 2. The normalized spacial score (nSPS) is 17.5. The second-order valence-corrected chi connectivity index (χ2v) is 6.68. The van der Waals surface area contributed by atoms with E-state index in [1.807, 2.05) is 32.0 Å². The maximum absolute atomic E-state index is 12.1. The molecule has 1 aromatic carbocycles. The molecule has 8 heteroatoms. The topological polar surface area (TPSA) is 87.5 Å². The van der Waals surface area contributed by atoms with Gasteiger partial charge in [-0.2, -0.15) is 0 Å². The van der Waals surface area contributed by atoms with Gasteiger partial charge < -0.3 is 21.3 Å². The van der Waals surface area contributed by atoms with E-state index in [-0.39, 0.29) is 55.1 Å². The predicted molar refractivity (Wildman–Crippen MR) is 110 cm³/mol. The van der Waals surface area contributed by atoms with Crippen molar-refractivity contribution in [1.29, 1.82) is 0 Å². The van der Waals surface area contributed by atoms with Crippen molar-refractivity contribution < 1.29 is 9.59 Å². The van der Waals surface area contributed by atoms with Crippen LogP contribution in [-0.4, -0.2) is 43.5 Å². The second-order valence-electron chi connectivity index (χ2n) is 6.68. The van der Waals surface area contributed by atoms with Crippen LogP contribution in [0.4, 0.5) is 5.69 Å². The van der Waals surface area contributed by atoms with Crippen LogP contribution in [0.25, 0.3) is 0 Å². The molecule has 1 aromatic rings. The number of carbonyl (C=O) groups is 2. The first-order valence-electron chi connectivity index (χ1n) is 8.60. The summed E-state index contributed by atoms with van der Waals surface area (Å²) in [5, 5.41) is 5.61. The van der Waals surface area contributed by atoms with E-state index < -0.39 is 6.04 Å². The Morgan fingerprint density at radius 1 is 1.23 bits per heavy atom. The van der Waals surface area contributed by atoms with E-state index in [0.29, 0.717) is 0 Å². The zero-order chi connectivity index (χ0) is 17.5. The number of nitrogens with zero attached hydrogens (tertiary/aromatic N) is 1. The molecule has 1 aliphatic rings. The lowest BCUT2D eigenvalue weighted by molar-refractivity contribution is -0.127. The number of anilines is 1. The van der Waals surface area contributed by atoms with Crippen molar-refractivity contribution in [1.82, 2.24) is 10.6 Å². The fourth-order valence-electron chi connectivity index (χ4n) is 2.83. The highest BCUT2D eigenvalue weighted by atomic mass is 35.5. The van der Waals surface area contributed by atoms with Crippen LogP contribution in [0.15, 0.2) is 30.3 Å². The van der Waals surface area contributed by atoms with Gasteiger partial charge >= 0.3 is 0 Å². The molecule has 0 aliphatic carbocycles. The van der Waals surface area contributed by atoms with Gasteiger partial charge in [-0.15, -0.1) is 24.8 Å². The lowest BCUT2D eigenvalue weighted by Crippen LogP contribution is -2.51. The summed E-state index contributed by atoms with van der Waals surface area (Å²) in [5.41, 5.74) is 6.94. The van der Waals surface area contributed by atoms with Gasteiger partial charge in [0.25, 0.3) is 0 Å². The molecule has 26 heavy (non-hydrogen) atoms. The molecule has 1 aliphatic heterocycles. The highest BCUT2D eigenvalue weighted by Crippen LogP contribution is 2.19. The first-order chi connectivity index (χ1) is 11.5. The van der Waals surface area contributed by atoms with E-state index in [1.165, 1.54) is 5.69 Å². The van der Waals surface area contributed by atoms with Gasteiger partial charge in [0.1, 0.15) is 0 Å². The maximum atomic E-state index is 12.1. The van der Waals surface area contributed by atoms with E-state index in [2.05, 4.69) is 27.7 Å². The quantitative estimate of drug-likeness (QED) is 0.673. The Morgan fingerprint density at radius 3 is 2.50 bits per heavy atom. The molecule has 2 rings (SSSR count). The third-order valence-corrected chi connectivity index (χ3v) is 4.35. The Hall–Kier alpha value is -1.50. The summed E-state index contributed by atoms with van der Waals surface area (Å²) in [6.45, 7) is 5.52. The summed E-state index contributed by atoms with van der Waals surface area (Å²) in [6.07, 6.45) is 1.99. The van der Waals surface area contributed by atoms with Crippen molar-refractivity contribution in [2.45, 2.75) is 38.8 Å². The smallest absolute Gasteiger partial charge is 0.239 e. The molecule has 1 heterocycles. The van der Waals surface area contributed by atoms with Crippen LogP contribution in [0.3, 0.4) is 0 Å². The summed E-state index contributed by atoms with van der Waals surface area (Å²) >= 11 is 0. The van der Waals surface area contributed by atoms with Gasteiger partial charge in [-0.25, -0.2) is 0 Å². The zero-order valence-corrected chi connectivity index (χ0v) is 16.9. The van der Waals surface area contributed by atoms with Crippen molar-refractivity contribution >= 4 is 42.3 Å². The van der Waals surface area contributed by atoms with E-state index in [9.17, 15) is 9.59 Å². The van der Waals surface area contributed by atoms with Gasteiger partial charge in [0, 0.05) is 24.8 Å². The number of hydrogen-bond donors (Lipinski definition) is 3. The van der Waals surface area contributed by atoms with Gasteiger partial charge in [0.15, 0.2) is 0 Å². The number of carbonyl (C=O) groups excluding carboxylic acids is 2. The summed E-state index contributed by atoms with van der Waals surface area (Å²) in [5.74, 6) is -0.403. The van der Waals surface area contributed by atoms with Gasteiger partial charge in [-0.1, -0.05) is 32.0 Å². The molecule has 2 amide bonds. The van der Waals surface area contributed by atoms with Gasteiger partial charge in [0.2, 0.25) is 11.8 Å². The van der Waals surface area contributed by atoms with E-state index in [4.69, 9.17) is 5.73 Å². The van der Waals surface area contributed by atoms with Crippen molar-refractivity contribution in [3.05, 3.63) is 30.3 Å². The van der Waals surface area contributed by atoms with Crippen LogP contribution in [-0.2, 0) is 9.59 Å². The Morgan fingerprint density at radius 2 is 1.88 bits per heavy atom. The minimum atomic E-state index is -0.582. The third-order valence-electron chi connectivity index (χ3n) is 4.35. The molecule has 148 valence electrons. The fraction of sp³-hybridized carbons (Fsp3) is 0.556. The monoisotopic (exact) mass is 404 g/mol. The fourth-order valence-corrected chi connectivity index (χ4v) is 2.83. The van der Waals surface area contributed by atoms with Crippen LogP contribution in [0, 0.1) is 5.92 Å². The Bertz CT molecular complexity index is 557. The Balaban J connectivity index is 0.00000312. The molecule has 0 spiro atoms. The average Bonchev–Trinajstić information content (AvgIpc) is 2.60. The number of piperidine rings is 1. The second kappa shape index (κ2) is 12.0. The van der Waals surface area contributed by atoms with Gasteiger partial charge in [-0.05, 0) is 30.9 Å². The summed E-state index contributed by atoms with van der Waals surface area (Å²) < 4.78 is 0. The summed E-state index contributed by atoms with van der Waals surface area (Å²) in [6, 6.07) is 9.71. The largest absolute Gasteiger partial charge is 0.369 e. The number of nitrogens with one attached hydrogen (secondary N) is 2. The summed E-state index contributed by atoms with van der Waals surface area (Å²) in [7, 11) is 0. The van der Waals surface area contributed by atoms with Crippen LogP contribution in [0.2, 0.25) is 0 Å². The molecule has 0 bridgehead atoms. The SMILES string of the molecule is CC(C)[C@H](N)C(=O)NCC(=O)NC1CCCN(c2ccccc2)C1.Cl.Cl. The third kappa shape index (κ3) is 7.40. The molecule has 6 nitrogen and oxygen atoms in total. The number of halogens is 2. The van der Waals surface area contributed by atoms with E-state index in [1.54, 1.807) is 0 Å². The molecule has 1 unspecified atom stereocenters. The molecule has 2 atom stereocenters. The molecule has 0 aromatic heterocycles. The van der Waals surface area contributed by atoms with Gasteiger partial charge in [0.05, 0.1) is 12.6 Å². The molecule has 0 saturated carbocycles. The molecule has 4 N–H and O–H groups in total. The molecule has 0 radical (unpaired) electrons. The predicted octanol–water partition coefficient (Wildman–Crippen LogP) is 1.71. The molecule has 1 fully saturated rings. The van der Waals surface area contributed by atoms with Crippen LogP contribution >= 0.6 is 24.8 Å². The molecular formula is C18H30Cl2N4O2. The first kappa shape index (κ1) is 24.5. The maximum Gasteiger partial charge on any atom is 0.239 e. The van der Waals surface area contributed by atoms with Crippen molar-refractivity contribution in [3.63, 3.8) is 0 Å². The average molecular weight is 405 g/mol. The number of benzene rings is 1. The Kier molecular flexibility index (Phi) is 11.3. The zero-order valence-electron chi connectivity index (χ0n) is 15.3. The minimum absolute atomic E-state index is 0. The first-order valence-corrected chi connectivity index (χ1v) is 8.60. The van der Waals surface area contributed by atoms with Crippen LogP contribution in [0.1, 0.15) is 26.7 Å². The highest BCUT2D eigenvalue weighted by Gasteiger charge is 2.22. The number of hydrogen-bond acceptors (Lipinski definition) is 4. The number of para-hydroxylation sites is 1. The lowest BCUT2D eigenvalue weighted by atomic mass is 10.0. The van der Waals surface area contributed by atoms with Crippen LogP contribution < -0.4 is 21.3 Å². The minimum Gasteiger partial charge on any atom is -0.369 e. The van der Waals surface area contributed by atoms with Gasteiger partial charge in [-0.3, -0.25) is 9.59 Å². The van der Waals surface area contributed by atoms with Crippen LogP contribution in [0.5, 0.6) is 0 Å². The highest BCUT2D eigenvalue weighted by molar-refractivity contribution is 5.87. The van der Waals surface area contributed by atoms with Crippen molar-refractivity contribution in [3.8, 4) is 0 Å². The number of nitrogens with two attached hydrogens (primary N) is 1. The molecular weight excluding hydrogens is 375 g/mol. The standard InChI is InChI=1S/C18H28N4O2.2ClH/c1-13(2)17(19)18(24)20-11-16(23)21-14-7-6-10-22(12-14)15-8-4-3-5-9-15;;/h3-5,8-9,13-14,17H,6-7,10-12,19H2,1-2H3,(H,20,24)(H,21,23);2*1H/t14?,17-;;/m0../s1. The van der Waals surface area contributed by atoms with E-state index >= 15 is 0 Å². The summed E-state index contributed by atoms with van der Waals surface area (Å²) in [4.78, 5) is 26.1. The number of rotatable bonds is 6.